The summed E-state index contributed by atoms with van der Waals surface area (Å²) in [6, 6.07) is -0.941. The number of guanidine groups is 1. The molecule has 3 amide bonds. The quantitative estimate of drug-likeness (QED) is 0.682. The van der Waals surface area contributed by atoms with E-state index in [9.17, 15) is 9.59 Å². The van der Waals surface area contributed by atoms with E-state index in [1.807, 2.05) is 23.4 Å². The molecule has 2 unspecified atom stereocenters. The number of nitrogens with zero attached hydrogens (tertiary/aromatic N) is 6. The Hall–Kier alpha value is -2.25. The number of likely N-dealkylation sites (N-methyl/N-ethyl adjacent to an activating group) is 2. The molecular formula is C14H21N6O2+. The van der Waals surface area contributed by atoms with Crippen molar-refractivity contribution in [3.05, 3.63) is 0 Å². The van der Waals surface area contributed by atoms with Gasteiger partial charge in [0.15, 0.2) is 0 Å². The lowest BCUT2D eigenvalue weighted by molar-refractivity contribution is -0.559. The maximum atomic E-state index is 12.6. The number of hydrogen-bond donors (Lipinski definition) is 0. The number of carbonyl (C=O) groups excluding carboxylic acids is 2. The van der Waals surface area contributed by atoms with Crippen molar-refractivity contribution in [2.45, 2.75) is 39.3 Å². The van der Waals surface area contributed by atoms with Crippen LogP contribution < -0.4 is 0 Å². The van der Waals surface area contributed by atoms with Gasteiger partial charge in [-0.1, -0.05) is 11.9 Å². The second-order valence-electron chi connectivity index (χ2n) is 5.86. The van der Waals surface area contributed by atoms with Crippen molar-refractivity contribution >= 4 is 29.4 Å². The Morgan fingerprint density at radius 3 is 2.55 bits per heavy atom. The van der Waals surface area contributed by atoms with Crippen molar-refractivity contribution in [3.63, 3.8) is 0 Å². The van der Waals surface area contributed by atoms with E-state index in [1.54, 1.807) is 7.05 Å². The van der Waals surface area contributed by atoms with Gasteiger partial charge in [-0.15, -0.1) is 10.1 Å². The summed E-state index contributed by atoms with van der Waals surface area (Å²) in [4.78, 5) is 31.9. The van der Waals surface area contributed by atoms with E-state index in [-0.39, 0.29) is 18.0 Å². The number of imide groups is 1. The highest BCUT2D eigenvalue weighted by Gasteiger charge is 2.55. The summed E-state index contributed by atoms with van der Waals surface area (Å²) < 4.78 is 1.97. The standard InChI is InChI=1S/C14H21N6O2/c1-6-7-19-13-15-11-10(20(13)9(3)8(2)16-19)12(21)18(5)14(22)17(11)4/h9-10H,6-7H2,1-5H3/q+1. The topological polar surface area (TPSA) is 71.6 Å². The number of urea groups is 1. The molecular weight excluding hydrogens is 284 g/mol. The molecule has 1 fully saturated rings. The van der Waals surface area contributed by atoms with Gasteiger partial charge in [0, 0.05) is 14.1 Å². The predicted molar refractivity (Wildman–Crippen MR) is 82.0 cm³/mol. The number of amides is 3. The molecule has 0 aliphatic carbocycles. The first-order chi connectivity index (χ1) is 10.4. The van der Waals surface area contributed by atoms with Gasteiger partial charge >= 0.3 is 12.0 Å². The number of carbonyl (C=O) groups is 2. The molecule has 0 radical (unpaired) electrons. The molecule has 0 aromatic heterocycles. The second kappa shape index (κ2) is 4.89. The molecule has 3 heterocycles. The van der Waals surface area contributed by atoms with Crippen LogP contribution >= 0.6 is 0 Å². The molecule has 118 valence electrons. The predicted octanol–water partition coefficient (Wildman–Crippen LogP) is 0.149. The van der Waals surface area contributed by atoms with E-state index in [0.717, 1.165) is 23.6 Å². The molecule has 0 aromatic rings. The Balaban J connectivity index is 2.10. The van der Waals surface area contributed by atoms with Crippen LogP contribution in [0.5, 0.6) is 0 Å². The summed E-state index contributed by atoms with van der Waals surface area (Å²) in [5, 5.41) is 6.40. The first-order valence-corrected chi connectivity index (χ1v) is 7.50. The molecule has 8 nitrogen and oxygen atoms in total. The van der Waals surface area contributed by atoms with E-state index < -0.39 is 6.04 Å². The highest BCUT2D eigenvalue weighted by atomic mass is 16.2. The first kappa shape index (κ1) is 14.7. The lowest BCUT2D eigenvalue weighted by Crippen LogP contribution is -2.63. The van der Waals surface area contributed by atoms with Crippen LogP contribution in [0.2, 0.25) is 0 Å². The highest BCUT2D eigenvalue weighted by molar-refractivity contribution is 6.23. The molecule has 0 saturated carbocycles. The minimum atomic E-state index is -0.553. The van der Waals surface area contributed by atoms with Gasteiger partial charge < -0.3 is 0 Å². The van der Waals surface area contributed by atoms with Gasteiger partial charge in [0.25, 0.3) is 5.91 Å². The average molecular weight is 305 g/mol. The largest absolute Gasteiger partial charge is 0.416 e. The lowest BCUT2D eigenvalue weighted by atomic mass is 10.1. The lowest BCUT2D eigenvalue weighted by Gasteiger charge is -2.33. The van der Waals surface area contributed by atoms with Crippen molar-refractivity contribution in [1.82, 2.24) is 14.8 Å². The SMILES string of the molecule is CCCN1N=C(C)C(C)[N+]2=C1N=C1C2C(=O)N(C)C(=O)N1C. The highest BCUT2D eigenvalue weighted by Crippen LogP contribution is 2.24. The molecule has 22 heavy (non-hydrogen) atoms. The fourth-order valence-corrected chi connectivity index (χ4v) is 3.02. The maximum Gasteiger partial charge on any atom is 0.416 e. The summed E-state index contributed by atoms with van der Waals surface area (Å²) in [7, 11) is 3.16. The average Bonchev–Trinajstić information content (AvgIpc) is 2.89. The first-order valence-electron chi connectivity index (χ1n) is 7.50. The minimum absolute atomic E-state index is 0.0340. The van der Waals surface area contributed by atoms with E-state index in [2.05, 4.69) is 17.0 Å². The van der Waals surface area contributed by atoms with Gasteiger partial charge in [-0.05, 0) is 20.3 Å². The van der Waals surface area contributed by atoms with Crippen LogP contribution in [0.25, 0.3) is 0 Å². The fraction of sp³-hybridized carbons (Fsp3) is 0.643. The summed E-state index contributed by atoms with van der Waals surface area (Å²) in [6.07, 6.45) is 0.917. The maximum absolute atomic E-state index is 12.6. The van der Waals surface area contributed by atoms with Crippen molar-refractivity contribution < 1.29 is 14.2 Å². The van der Waals surface area contributed by atoms with Crippen LogP contribution in [-0.4, -0.2) is 81.6 Å². The molecule has 3 aliphatic heterocycles. The molecule has 0 aromatic carbocycles. The smallest absolute Gasteiger partial charge is 0.270 e. The molecule has 1 saturated heterocycles. The van der Waals surface area contributed by atoms with Crippen LogP contribution in [0.15, 0.2) is 10.1 Å². The fourth-order valence-electron chi connectivity index (χ4n) is 3.02. The molecule has 0 bridgehead atoms. The third-order valence-electron chi connectivity index (χ3n) is 4.42. The number of aliphatic imine (C=N–C) groups is 1. The Bertz CT molecular complexity index is 650. The molecule has 3 rings (SSSR count). The van der Waals surface area contributed by atoms with Crippen molar-refractivity contribution in [1.29, 1.82) is 0 Å². The minimum Gasteiger partial charge on any atom is -0.270 e. The zero-order valence-electron chi connectivity index (χ0n) is 13.6. The Morgan fingerprint density at radius 2 is 1.91 bits per heavy atom. The Kier molecular flexibility index (Phi) is 3.26. The summed E-state index contributed by atoms with van der Waals surface area (Å²) in [6.45, 7) is 6.75. The Labute approximate surface area is 129 Å². The van der Waals surface area contributed by atoms with Crippen LogP contribution in [-0.2, 0) is 4.79 Å². The monoisotopic (exact) mass is 305 g/mol. The molecule has 3 aliphatic rings. The van der Waals surface area contributed by atoms with Crippen molar-refractivity contribution in [2.75, 3.05) is 20.6 Å². The van der Waals surface area contributed by atoms with Crippen molar-refractivity contribution in [2.24, 2.45) is 10.1 Å². The number of amidine groups is 1. The van der Waals surface area contributed by atoms with Gasteiger partial charge in [0.2, 0.25) is 11.9 Å². The van der Waals surface area contributed by atoms with Crippen LogP contribution in [0, 0.1) is 0 Å². The van der Waals surface area contributed by atoms with Gasteiger partial charge in [-0.3, -0.25) is 14.6 Å². The summed E-state index contributed by atoms with van der Waals surface area (Å²) in [5.74, 6) is 0.902. The van der Waals surface area contributed by atoms with E-state index in [1.165, 1.54) is 11.9 Å². The van der Waals surface area contributed by atoms with Crippen LogP contribution in [0.3, 0.4) is 0 Å². The number of hydrazone groups is 1. The second-order valence-corrected chi connectivity index (χ2v) is 5.86. The van der Waals surface area contributed by atoms with Crippen LogP contribution in [0.4, 0.5) is 4.79 Å². The zero-order chi connectivity index (χ0) is 16.2. The summed E-state index contributed by atoms with van der Waals surface area (Å²) >= 11 is 0. The molecule has 8 heteroatoms. The van der Waals surface area contributed by atoms with Crippen LogP contribution in [0.1, 0.15) is 27.2 Å². The van der Waals surface area contributed by atoms with Gasteiger partial charge in [-0.2, -0.15) is 0 Å². The normalized spacial score (nSPS) is 28.0. The molecule has 0 N–H and O–H groups in total. The van der Waals surface area contributed by atoms with E-state index in [0.29, 0.717) is 11.8 Å². The number of rotatable bonds is 2. The summed E-state index contributed by atoms with van der Waals surface area (Å²) in [5.41, 5.74) is 0.934. The van der Waals surface area contributed by atoms with Gasteiger partial charge in [0.1, 0.15) is 6.04 Å². The Morgan fingerprint density at radius 1 is 1.23 bits per heavy atom. The molecule has 2 atom stereocenters. The zero-order valence-corrected chi connectivity index (χ0v) is 13.6. The van der Waals surface area contributed by atoms with Gasteiger partial charge in [-0.25, -0.2) is 9.37 Å². The van der Waals surface area contributed by atoms with E-state index >= 15 is 0 Å². The number of hydrogen-bond acceptors (Lipinski definition) is 5. The van der Waals surface area contributed by atoms with Gasteiger partial charge in [0.05, 0.1) is 12.3 Å². The third kappa shape index (κ3) is 1.79. The van der Waals surface area contributed by atoms with Crippen molar-refractivity contribution in [3.8, 4) is 0 Å². The third-order valence-corrected chi connectivity index (χ3v) is 4.42. The molecule has 0 spiro atoms. The van der Waals surface area contributed by atoms with E-state index in [4.69, 9.17) is 0 Å². The number of fused-ring (bicyclic) bond motifs is 2.